The van der Waals surface area contributed by atoms with Crippen molar-refractivity contribution in [3.8, 4) is 0 Å². The summed E-state index contributed by atoms with van der Waals surface area (Å²) in [5.74, 6) is 5.80. The van der Waals surface area contributed by atoms with Crippen molar-refractivity contribution in [2.45, 2.75) is 90.9 Å². The van der Waals surface area contributed by atoms with Crippen LogP contribution >= 0.6 is 0 Å². The monoisotopic (exact) mass is 328 g/mol. The summed E-state index contributed by atoms with van der Waals surface area (Å²) in [7, 11) is 0. The smallest absolute Gasteiger partial charge is 0.0233 e. The Balaban J connectivity index is 1.36. The molecule has 0 aliphatic heterocycles. The summed E-state index contributed by atoms with van der Waals surface area (Å²) in [6, 6.07) is 0. The highest BCUT2D eigenvalue weighted by molar-refractivity contribution is 4.98. The van der Waals surface area contributed by atoms with Crippen molar-refractivity contribution in [1.29, 1.82) is 0 Å². The highest BCUT2D eigenvalue weighted by Crippen LogP contribution is 2.41. The third-order valence-corrected chi connectivity index (χ3v) is 7.48. The molecule has 3 fully saturated rings. The molecule has 0 atom stereocenters. The molecule has 3 saturated carbocycles. The molecule has 24 heavy (non-hydrogen) atoms. The molecule has 0 aromatic carbocycles. The molecule has 3 rings (SSSR count). The predicted octanol–water partition coefficient (Wildman–Crippen LogP) is 7.56. The van der Waals surface area contributed by atoms with E-state index in [1.54, 1.807) is 0 Å². The van der Waals surface area contributed by atoms with E-state index in [9.17, 15) is 0 Å². The average Bonchev–Trinajstić information content (AvgIpc) is 2.63. The van der Waals surface area contributed by atoms with Gasteiger partial charge in [-0.2, -0.15) is 0 Å². The number of hydrogen-bond donors (Lipinski definition) is 0. The standard InChI is InChI=1S/C24H40/c1-3-4-20-7-9-21(10-8-20)11-12-22-13-17-24(18-14-22)23-15-5-19(2)6-16-23/h3-4,11-12,19-24H,5-10,13-18H2,1-2H3/b4-3+,12-11?. The van der Waals surface area contributed by atoms with Crippen LogP contribution in [0.25, 0.3) is 0 Å². The molecule has 0 nitrogen and oxygen atoms in total. The molecule has 0 heterocycles. The zero-order chi connectivity index (χ0) is 16.8. The van der Waals surface area contributed by atoms with Gasteiger partial charge in [-0.05, 0) is 107 Å². The van der Waals surface area contributed by atoms with Gasteiger partial charge in [-0.15, -0.1) is 0 Å². The van der Waals surface area contributed by atoms with Crippen LogP contribution in [0.1, 0.15) is 90.9 Å². The van der Waals surface area contributed by atoms with Crippen LogP contribution in [0, 0.1) is 35.5 Å². The second-order valence-corrected chi connectivity index (χ2v) is 9.28. The summed E-state index contributed by atoms with van der Waals surface area (Å²) < 4.78 is 0. The Kier molecular flexibility index (Phi) is 7.05. The minimum absolute atomic E-state index is 0.869. The van der Waals surface area contributed by atoms with Crippen LogP contribution in [0.15, 0.2) is 24.3 Å². The second kappa shape index (κ2) is 9.25. The zero-order valence-electron chi connectivity index (χ0n) is 16.3. The van der Waals surface area contributed by atoms with Gasteiger partial charge in [0.25, 0.3) is 0 Å². The number of rotatable bonds is 4. The van der Waals surface area contributed by atoms with Gasteiger partial charge in [-0.1, -0.05) is 44.1 Å². The summed E-state index contributed by atoms with van der Waals surface area (Å²) in [6.07, 6.45) is 27.6. The minimum atomic E-state index is 0.869. The Hall–Kier alpha value is -0.520. The van der Waals surface area contributed by atoms with Crippen molar-refractivity contribution in [3.05, 3.63) is 24.3 Å². The van der Waals surface area contributed by atoms with Gasteiger partial charge in [-0.25, -0.2) is 0 Å². The van der Waals surface area contributed by atoms with E-state index < -0.39 is 0 Å². The summed E-state index contributed by atoms with van der Waals surface area (Å²) in [5, 5.41) is 0. The number of hydrogen-bond acceptors (Lipinski definition) is 0. The molecule has 0 radical (unpaired) electrons. The SMILES string of the molecule is C/C=C/C1CCC(C=CC2CCC(C3CCC(C)CC3)CC2)CC1. The van der Waals surface area contributed by atoms with Crippen molar-refractivity contribution in [2.75, 3.05) is 0 Å². The largest absolute Gasteiger partial charge is 0.0914 e. The van der Waals surface area contributed by atoms with E-state index in [-0.39, 0.29) is 0 Å². The fourth-order valence-electron chi connectivity index (χ4n) is 5.68. The predicted molar refractivity (Wildman–Crippen MR) is 106 cm³/mol. The summed E-state index contributed by atoms with van der Waals surface area (Å²) in [5.41, 5.74) is 0. The first-order valence-electron chi connectivity index (χ1n) is 11.1. The van der Waals surface area contributed by atoms with Crippen LogP contribution < -0.4 is 0 Å². The van der Waals surface area contributed by atoms with Gasteiger partial charge in [0, 0.05) is 0 Å². The van der Waals surface area contributed by atoms with E-state index in [1.807, 2.05) is 0 Å². The third kappa shape index (κ3) is 5.24. The quantitative estimate of drug-likeness (QED) is 0.467. The molecule has 0 aromatic heterocycles. The van der Waals surface area contributed by atoms with E-state index in [0.29, 0.717) is 0 Å². The molecule has 0 bridgehead atoms. The molecular formula is C24H40. The first-order chi connectivity index (χ1) is 11.7. The van der Waals surface area contributed by atoms with Crippen molar-refractivity contribution in [3.63, 3.8) is 0 Å². The van der Waals surface area contributed by atoms with Gasteiger partial charge in [0.15, 0.2) is 0 Å². The van der Waals surface area contributed by atoms with Crippen LogP contribution in [0.5, 0.6) is 0 Å². The molecule has 0 N–H and O–H groups in total. The van der Waals surface area contributed by atoms with E-state index in [4.69, 9.17) is 0 Å². The maximum atomic E-state index is 2.62. The molecular weight excluding hydrogens is 288 g/mol. The number of allylic oxidation sites excluding steroid dienone is 4. The average molecular weight is 329 g/mol. The third-order valence-electron chi connectivity index (χ3n) is 7.48. The second-order valence-electron chi connectivity index (χ2n) is 9.28. The topological polar surface area (TPSA) is 0 Å². The maximum absolute atomic E-state index is 2.62. The van der Waals surface area contributed by atoms with Crippen molar-refractivity contribution < 1.29 is 0 Å². The molecule has 136 valence electrons. The van der Waals surface area contributed by atoms with Gasteiger partial charge in [0.05, 0.1) is 0 Å². The van der Waals surface area contributed by atoms with E-state index in [1.165, 1.54) is 77.0 Å². The lowest BCUT2D eigenvalue weighted by molar-refractivity contribution is 0.160. The van der Waals surface area contributed by atoms with Crippen LogP contribution in [-0.2, 0) is 0 Å². The highest BCUT2D eigenvalue weighted by atomic mass is 14.3. The van der Waals surface area contributed by atoms with Crippen molar-refractivity contribution >= 4 is 0 Å². The fraction of sp³-hybridized carbons (Fsp3) is 0.833. The molecule has 0 spiro atoms. The molecule has 0 amide bonds. The van der Waals surface area contributed by atoms with Crippen molar-refractivity contribution in [1.82, 2.24) is 0 Å². The minimum Gasteiger partial charge on any atom is -0.0914 e. The Morgan fingerprint density at radius 1 is 0.500 bits per heavy atom. The summed E-state index contributed by atoms with van der Waals surface area (Å²) >= 11 is 0. The van der Waals surface area contributed by atoms with Crippen LogP contribution in [0.2, 0.25) is 0 Å². The molecule has 0 unspecified atom stereocenters. The van der Waals surface area contributed by atoms with Gasteiger partial charge in [0.2, 0.25) is 0 Å². The van der Waals surface area contributed by atoms with Gasteiger partial charge in [-0.3, -0.25) is 0 Å². The Morgan fingerprint density at radius 2 is 0.875 bits per heavy atom. The van der Waals surface area contributed by atoms with E-state index >= 15 is 0 Å². The summed E-state index contributed by atoms with van der Waals surface area (Å²) in [6.45, 7) is 4.61. The fourth-order valence-corrected chi connectivity index (χ4v) is 5.68. The van der Waals surface area contributed by atoms with Crippen LogP contribution in [0.3, 0.4) is 0 Å². The molecule has 3 aliphatic rings. The van der Waals surface area contributed by atoms with Crippen LogP contribution in [-0.4, -0.2) is 0 Å². The van der Waals surface area contributed by atoms with E-state index in [2.05, 4.69) is 38.2 Å². The maximum Gasteiger partial charge on any atom is -0.0233 e. The lowest BCUT2D eigenvalue weighted by Crippen LogP contribution is -2.24. The summed E-state index contributed by atoms with van der Waals surface area (Å²) in [4.78, 5) is 0. The Labute approximate surface area is 151 Å². The van der Waals surface area contributed by atoms with Crippen molar-refractivity contribution in [2.24, 2.45) is 35.5 Å². The van der Waals surface area contributed by atoms with Gasteiger partial charge >= 0.3 is 0 Å². The van der Waals surface area contributed by atoms with Gasteiger partial charge in [0.1, 0.15) is 0 Å². The molecule has 0 heteroatoms. The van der Waals surface area contributed by atoms with E-state index in [0.717, 1.165) is 35.5 Å². The Morgan fingerprint density at radius 3 is 1.33 bits per heavy atom. The van der Waals surface area contributed by atoms with Gasteiger partial charge < -0.3 is 0 Å². The molecule has 3 aliphatic carbocycles. The normalized spacial score (nSPS) is 41.9. The Bertz CT molecular complexity index is 394. The molecule has 0 saturated heterocycles. The highest BCUT2D eigenvalue weighted by Gasteiger charge is 2.29. The zero-order valence-corrected chi connectivity index (χ0v) is 16.3. The lowest BCUT2D eigenvalue weighted by Gasteiger charge is -2.36. The lowest BCUT2D eigenvalue weighted by atomic mass is 9.69. The molecule has 0 aromatic rings. The first kappa shape index (κ1) is 18.3. The first-order valence-corrected chi connectivity index (χ1v) is 11.1. The van der Waals surface area contributed by atoms with Crippen LogP contribution in [0.4, 0.5) is 0 Å².